The van der Waals surface area contributed by atoms with Crippen molar-refractivity contribution in [3.05, 3.63) is 34.6 Å². The second-order valence-electron chi connectivity index (χ2n) is 4.84. The number of hydrogen-bond donors (Lipinski definition) is 3. The molecule has 1 aromatic carbocycles. The number of carbonyl (C=O) groups is 1. The topological polar surface area (TPSA) is 61.4 Å². The first-order valence-electron chi connectivity index (χ1n) is 6.12. The predicted molar refractivity (Wildman–Crippen MR) is 70.6 cm³/mol. The maximum Gasteiger partial charge on any atom is 0.224 e. The van der Waals surface area contributed by atoms with Gasteiger partial charge in [0, 0.05) is 18.1 Å². The van der Waals surface area contributed by atoms with E-state index in [9.17, 15) is 14.3 Å². The van der Waals surface area contributed by atoms with E-state index in [1.165, 1.54) is 18.2 Å². The molecule has 1 unspecified atom stereocenters. The Morgan fingerprint density at radius 1 is 1.58 bits per heavy atom. The van der Waals surface area contributed by atoms with Gasteiger partial charge in [0.15, 0.2) is 0 Å². The lowest BCUT2D eigenvalue weighted by Crippen LogP contribution is -2.44. The summed E-state index contributed by atoms with van der Waals surface area (Å²) in [5.41, 5.74) is -0.306. The van der Waals surface area contributed by atoms with Crippen molar-refractivity contribution in [2.24, 2.45) is 0 Å². The van der Waals surface area contributed by atoms with Crippen molar-refractivity contribution in [3.8, 4) is 0 Å². The molecule has 0 radical (unpaired) electrons. The van der Waals surface area contributed by atoms with Crippen molar-refractivity contribution >= 4 is 17.5 Å². The molecule has 1 aliphatic heterocycles. The number of nitrogens with one attached hydrogen (secondary N) is 2. The summed E-state index contributed by atoms with van der Waals surface area (Å²) in [5, 5.41) is 16.0. The molecule has 0 spiro atoms. The van der Waals surface area contributed by atoms with Gasteiger partial charge in [0.25, 0.3) is 0 Å². The average Bonchev–Trinajstić information content (AvgIpc) is 2.78. The molecule has 1 atom stereocenters. The fraction of sp³-hybridized carbons (Fsp3) is 0.462. The number of halogens is 2. The van der Waals surface area contributed by atoms with Crippen molar-refractivity contribution in [1.82, 2.24) is 10.6 Å². The van der Waals surface area contributed by atoms with Gasteiger partial charge in [-0.2, -0.15) is 0 Å². The van der Waals surface area contributed by atoms with E-state index in [1.54, 1.807) is 0 Å². The fourth-order valence-corrected chi connectivity index (χ4v) is 2.28. The SMILES string of the molecule is O=C(Cc1ccc(F)cc1Cl)NCC1(O)CCNC1. The lowest BCUT2D eigenvalue weighted by atomic mass is 10.0. The number of hydrogen-bond acceptors (Lipinski definition) is 3. The Kier molecular flexibility index (Phi) is 4.39. The zero-order chi connectivity index (χ0) is 13.9. The van der Waals surface area contributed by atoms with E-state index < -0.39 is 11.4 Å². The highest BCUT2D eigenvalue weighted by Gasteiger charge is 2.31. The van der Waals surface area contributed by atoms with Gasteiger partial charge in [-0.1, -0.05) is 17.7 Å². The molecule has 1 aromatic rings. The summed E-state index contributed by atoms with van der Waals surface area (Å²) in [4.78, 5) is 11.8. The number of benzene rings is 1. The van der Waals surface area contributed by atoms with E-state index in [-0.39, 0.29) is 23.9 Å². The lowest BCUT2D eigenvalue weighted by Gasteiger charge is -2.21. The molecule has 2 rings (SSSR count). The van der Waals surface area contributed by atoms with Crippen LogP contribution in [0.2, 0.25) is 5.02 Å². The third-order valence-electron chi connectivity index (χ3n) is 3.20. The monoisotopic (exact) mass is 286 g/mol. The Hall–Kier alpha value is -1.17. The number of aliphatic hydroxyl groups is 1. The maximum absolute atomic E-state index is 12.9. The summed E-state index contributed by atoms with van der Waals surface area (Å²) in [6.45, 7) is 1.43. The summed E-state index contributed by atoms with van der Waals surface area (Å²) in [6, 6.07) is 3.94. The molecule has 6 heteroatoms. The van der Waals surface area contributed by atoms with E-state index in [1.807, 2.05) is 0 Å². The highest BCUT2D eigenvalue weighted by molar-refractivity contribution is 6.31. The number of amides is 1. The summed E-state index contributed by atoms with van der Waals surface area (Å²) in [7, 11) is 0. The van der Waals surface area contributed by atoms with Crippen LogP contribution in [0, 0.1) is 5.82 Å². The van der Waals surface area contributed by atoms with E-state index >= 15 is 0 Å². The first-order valence-corrected chi connectivity index (χ1v) is 6.50. The molecule has 19 heavy (non-hydrogen) atoms. The van der Waals surface area contributed by atoms with Gasteiger partial charge in [0.05, 0.1) is 12.0 Å². The fourth-order valence-electron chi connectivity index (χ4n) is 2.05. The van der Waals surface area contributed by atoms with E-state index in [4.69, 9.17) is 11.6 Å². The van der Waals surface area contributed by atoms with Crippen LogP contribution in [0.15, 0.2) is 18.2 Å². The van der Waals surface area contributed by atoms with Crippen molar-refractivity contribution in [1.29, 1.82) is 0 Å². The first kappa shape index (κ1) is 14.2. The molecule has 1 fully saturated rings. The summed E-state index contributed by atoms with van der Waals surface area (Å²) in [5.74, 6) is -0.672. The normalized spacial score (nSPS) is 22.5. The average molecular weight is 287 g/mol. The molecule has 0 saturated carbocycles. The Labute approximate surface area is 116 Å². The van der Waals surface area contributed by atoms with Crippen LogP contribution >= 0.6 is 11.6 Å². The zero-order valence-electron chi connectivity index (χ0n) is 10.4. The zero-order valence-corrected chi connectivity index (χ0v) is 11.1. The molecule has 4 nitrogen and oxygen atoms in total. The van der Waals surface area contributed by atoms with Crippen LogP contribution in [0.3, 0.4) is 0 Å². The summed E-state index contributed by atoms with van der Waals surface area (Å²) < 4.78 is 12.9. The first-order chi connectivity index (χ1) is 8.98. The second kappa shape index (κ2) is 5.86. The minimum atomic E-state index is -0.873. The third kappa shape index (κ3) is 3.89. The number of rotatable bonds is 4. The molecule has 1 heterocycles. The van der Waals surface area contributed by atoms with Crippen LogP contribution in [0.1, 0.15) is 12.0 Å². The van der Waals surface area contributed by atoms with Crippen LogP contribution in [-0.4, -0.2) is 36.2 Å². The van der Waals surface area contributed by atoms with Gasteiger partial charge < -0.3 is 15.7 Å². The van der Waals surface area contributed by atoms with Crippen molar-refractivity contribution in [2.45, 2.75) is 18.4 Å². The molecule has 1 amide bonds. The Morgan fingerprint density at radius 2 is 2.37 bits per heavy atom. The maximum atomic E-state index is 12.9. The molecular formula is C13H16ClFN2O2. The predicted octanol–water partition coefficient (Wildman–Crippen LogP) is 0.862. The van der Waals surface area contributed by atoms with Gasteiger partial charge in [0.2, 0.25) is 5.91 Å². The Balaban J connectivity index is 1.87. The minimum Gasteiger partial charge on any atom is -0.387 e. The number of carbonyl (C=O) groups excluding carboxylic acids is 1. The number of β-amino-alcohol motifs (C(OH)–C–C–N with tert-alkyl or cyclic N) is 1. The summed E-state index contributed by atoms with van der Waals surface area (Å²) >= 11 is 5.85. The van der Waals surface area contributed by atoms with E-state index in [0.717, 1.165) is 6.54 Å². The Bertz CT molecular complexity index is 476. The van der Waals surface area contributed by atoms with Crippen LogP contribution in [0.5, 0.6) is 0 Å². The largest absolute Gasteiger partial charge is 0.387 e. The molecule has 0 bridgehead atoms. The summed E-state index contributed by atoms with van der Waals surface area (Å²) in [6.07, 6.45) is 0.688. The molecule has 0 aromatic heterocycles. The third-order valence-corrected chi connectivity index (χ3v) is 3.55. The van der Waals surface area contributed by atoms with Crippen LogP contribution in [0.4, 0.5) is 4.39 Å². The van der Waals surface area contributed by atoms with Crippen molar-refractivity contribution in [3.63, 3.8) is 0 Å². The molecule has 104 valence electrons. The molecular weight excluding hydrogens is 271 g/mol. The smallest absolute Gasteiger partial charge is 0.224 e. The van der Waals surface area contributed by atoms with E-state index in [2.05, 4.69) is 10.6 Å². The Morgan fingerprint density at radius 3 is 3.00 bits per heavy atom. The standard InChI is InChI=1S/C13H16ClFN2O2/c14-11-6-10(15)2-1-9(11)5-12(18)17-8-13(19)3-4-16-7-13/h1-2,6,16,19H,3-5,7-8H2,(H,17,18). The molecule has 0 aliphatic carbocycles. The van der Waals surface area contributed by atoms with Gasteiger partial charge in [-0.15, -0.1) is 0 Å². The van der Waals surface area contributed by atoms with Gasteiger partial charge >= 0.3 is 0 Å². The van der Waals surface area contributed by atoms with Gasteiger partial charge in [-0.05, 0) is 30.7 Å². The van der Waals surface area contributed by atoms with Crippen molar-refractivity contribution in [2.75, 3.05) is 19.6 Å². The lowest BCUT2D eigenvalue weighted by molar-refractivity contribution is -0.121. The second-order valence-corrected chi connectivity index (χ2v) is 5.25. The molecule has 3 N–H and O–H groups in total. The quantitative estimate of drug-likeness (QED) is 0.769. The molecule has 1 saturated heterocycles. The van der Waals surface area contributed by atoms with Crippen LogP contribution in [0.25, 0.3) is 0 Å². The van der Waals surface area contributed by atoms with Gasteiger partial charge in [-0.3, -0.25) is 4.79 Å². The van der Waals surface area contributed by atoms with Crippen LogP contribution < -0.4 is 10.6 Å². The highest BCUT2D eigenvalue weighted by atomic mass is 35.5. The van der Waals surface area contributed by atoms with Crippen LogP contribution in [-0.2, 0) is 11.2 Å². The molecule has 1 aliphatic rings. The van der Waals surface area contributed by atoms with Crippen molar-refractivity contribution < 1.29 is 14.3 Å². The minimum absolute atomic E-state index is 0.0720. The van der Waals surface area contributed by atoms with Gasteiger partial charge in [-0.25, -0.2) is 4.39 Å². The van der Waals surface area contributed by atoms with Gasteiger partial charge in [0.1, 0.15) is 5.82 Å². The van der Waals surface area contributed by atoms with E-state index in [0.29, 0.717) is 18.5 Å². The highest BCUT2D eigenvalue weighted by Crippen LogP contribution is 2.18.